The Kier molecular flexibility index (Phi) is 8.72. The summed E-state index contributed by atoms with van der Waals surface area (Å²) in [7, 11) is 0. The Hall–Kier alpha value is -2.73. The van der Waals surface area contributed by atoms with E-state index in [4.69, 9.17) is 32.7 Å². The second-order valence-electron chi connectivity index (χ2n) is 12.3. The third kappa shape index (κ3) is 6.15. The van der Waals surface area contributed by atoms with Crippen LogP contribution in [0.15, 0.2) is 54.6 Å². The summed E-state index contributed by atoms with van der Waals surface area (Å²) in [5.74, 6) is 2.75. The molecule has 3 fully saturated rings. The molecular weight excluding hydrogens is 567 g/mol. The van der Waals surface area contributed by atoms with Gasteiger partial charge in [0.2, 0.25) is 5.91 Å². The normalized spacial score (nSPS) is 23.1. The lowest BCUT2D eigenvalue weighted by Crippen LogP contribution is -2.41. The average Bonchev–Trinajstić information content (AvgIpc) is 3.59. The van der Waals surface area contributed by atoms with E-state index in [0.29, 0.717) is 59.3 Å². The van der Waals surface area contributed by atoms with Gasteiger partial charge in [0.05, 0.1) is 10.0 Å². The summed E-state index contributed by atoms with van der Waals surface area (Å²) in [5, 5.41) is 4.57. The van der Waals surface area contributed by atoms with E-state index < -0.39 is 0 Å². The summed E-state index contributed by atoms with van der Waals surface area (Å²) in [6.45, 7) is 9.61. The smallest absolute Gasteiger partial charge is 0.227 e. The van der Waals surface area contributed by atoms with E-state index in [0.717, 1.165) is 43.7 Å². The fourth-order valence-corrected chi connectivity index (χ4v) is 7.68. The molecule has 0 aromatic heterocycles. The van der Waals surface area contributed by atoms with Crippen molar-refractivity contribution in [3.05, 3.63) is 92.5 Å². The Bertz CT molecular complexity index is 1420. The van der Waals surface area contributed by atoms with Crippen LogP contribution >= 0.6 is 23.2 Å². The van der Waals surface area contributed by atoms with Crippen molar-refractivity contribution in [2.24, 2.45) is 17.8 Å². The standard InChI is InChI=1S/C35H40Cl2N2O3/c1-21-15-31(36)34(32(37)16-21)42-14-13-41-28-11-7-24(8-12-28)29-17-26-18-38-19-30(26)33(29)35(40)39(27-9-10-27)20-25-6-4-5-22(2)23(25)3/h4-8,11-12,15-16,26-27,29-30,33,38H,9-10,13-14,17-20H2,1-3H3/t26-,29+,30+,33+/m1/s1. The molecule has 1 saturated heterocycles. The van der Waals surface area contributed by atoms with Crippen molar-refractivity contribution >= 4 is 29.1 Å². The highest BCUT2D eigenvalue weighted by molar-refractivity contribution is 6.37. The molecule has 2 saturated carbocycles. The Labute approximate surface area is 259 Å². The van der Waals surface area contributed by atoms with Crippen LogP contribution in [0, 0.1) is 38.5 Å². The molecule has 7 heteroatoms. The molecule has 3 aliphatic rings. The van der Waals surface area contributed by atoms with Gasteiger partial charge in [-0.1, -0.05) is 53.5 Å². The molecular formula is C35H40Cl2N2O3. The van der Waals surface area contributed by atoms with Gasteiger partial charge in [0.25, 0.3) is 0 Å². The first-order valence-corrected chi connectivity index (χ1v) is 15.9. The zero-order valence-corrected chi connectivity index (χ0v) is 26.2. The van der Waals surface area contributed by atoms with Crippen LogP contribution in [0.3, 0.4) is 0 Å². The molecule has 1 aliphatic heterocycles. The molecule has 0 bridgehead atoms. The molecule has 42 heavy (non-hydrogen) atoms. The highest BCUT2D eigenvalue weighted by Gasteiger charge is 2.51. The number of halogens is 2. The van der Waals surface area contributed by atoms with Crippen LogP contribution < -0.4 is 14.8 Å². The number of nitrogens with one attached hydrogen (secondary N) is 1. The van der Waals surface area contributed by atoms with Crippen molar-refractivity contribution < 1.29 is 14.3 Å². The number of hydrogen-bond acceptors (Lipinski definition) is 4. The zero-order valence-electron chi connectivity index (χ0n) is 24.7. The van der Waals surface area contributed by atoms with Gasteiger partial charge in [0.1, 0.15) is 19.0 Å². The van der Waals surface area contributed by atoms with E-state index in [1.54, 1.807) is 0 Å². The van der Waals surface area contributed by atoms with Crippen molar-refractivity contribution in [3.63, 3.8) is 0 Å². The highest BCUT2D eigenvalue weighted by Crippen LogP contribution is 2.50. The lowest BCUT2D eigenvalue weighted by Gasteiger charge is -2.32. The van der Waals surface area contributed by atoms with Gasteiger partial charge in [0.15, 0.2) is 5.75 Å². The lowest BCUT2D eigenvalue weighted by atomic mass is 9.83. The molecule has 0 spiro atoms. The minimum Gasteiger partial charge on any atom is -0.490 e. The number of carbonyl (C=O) groups excluding carboxylic acids is 1. The molecule has 0 radical (unpaired) electrons. The number of benzene rings is 3. The molecule has 5 nitrogen and oxygen atoms in total. The first kappa shape index (κ1) is 29.3. The predicted molar refractivity (Wildman–Crippen MR) is 169 cm³/mol. The fourth-order valence-electron chi connectivity index (χ4n) is 6.97. The quantitative estimate of drug-likeness (QED) is 0.243. The van der Waals surface area contributed by atoms with Gasteiger partial charge in [-0.2, -0.15) is 0 Å². The van der Waals surface area contributed by atoms with Crippen LogP contribution in [0.25, 0.3) is 0 Å². The van der Waals surface area contributed by atoms with E-state index in [-0.39, 0.29) is 11.8 Å². The van der Waals surface area contributed by atoms with Crippen LogP contribution in [0.1, 0.15) is 53.0 Å². The number of nitrogens with zero attached hydrogens (tertiary/aromatic N) is 1. The van der Waals surface area contributed by atoms with Crippen LogP contribution in [0.5, 0.6) is 11.5 Å². The van der Waals surface area contributed by atoms with Gasteiger partial charge in [-0.3, -0.25) is 4.79 Å². The Morgan fingerprint density at radius 1 is 0.952 bits per heavy atom. The number of rotatable bonds is 10. The number of aryl methyl sites for hydroxylation is 2. The van der Waals surface area contributed by atoms with Gasteiger partial charge in [0, 0.05) is 18.5 Å². The summed E-state index contributed by atoms with van der Waals surface area (Å²) in [4.78, 5) is 16.6. The average molecular weight is 608 g/mol. The summed E-state index contributed by atoms with van der Waals surface area (Å²) in [6, 6.07) is 18.8. The van der Waals surface area contributed by atoms with Gasteiger partial charge in [-0.25, -0.2) is 0 Å². The molecule has 1 N–H and O–H groups in total. The minimum atomic E-state index is -0.000102. The monoisotopic (exact) mass is 606 g/mol. The summed E-state index contributed by atoms with van der Waals surface area (Å²) < 4.78 is 11.8. The fraction of sp³-hybridized carbons (Fsp3) is 0.457. The van der Waals surface area contributed by atoms with Crippen molar-refractivity contribution in [2.45, 2.75) is 58.5 Å². The van der Waals surface area contributed by atoms with Gasteiger partial charge >= 0.3 is 0 Å². The number of carbonyl (C=O) groups is 1. The maximum Gasteiger partial charge on any atom is 0.227 e. The summed E-state index contributed by atoms with van der Waals surface area (Å²) >= 11 is 12.6. The first-order valence-electron chi connectivity index (χ1n) is 15.2. The molecule has 6 rings (SSSR count). The van der Waals surface area contributed by atoms with E-state index in [1.165, 1.54) is 22.3 Å². The minimum absolute atomic E-state index is 0.000102. The molecule has 4 atom stereocenters. The van der Waals surface area contributed by atoms with Crippen molar-refractivity contribution in [2.75, 3.05) is 26.3 Å². The van der Waals surface area contributed by atoms with E-state index in [2.05, 4.69) is 54.4 Å². The second-order valence-corrected chi connectivity index (χ2v) is 13.1. The molecule has 222 valence electrons. The molecule has 1 amide bonds. The maximum absolute atomic E-state index is 14.4. The Morgan fingerprint density at radius 3 is 2.38 bits per heavy atom. The molecule has 3 aromatic rings. The summed E-state index contributed by atoms with van der Waals surface area (Å²) in [5.41, 5.74) is 6.06. The van der Waals surface area contributed by atoms with Crippen LogP contribution in [-0.2, 0) is 11.3 Å². The largest absolute Gasteiger partial charge is 0.490 e. The van der Waals surface area contributed by atoms with Crippen molar-refractivity contribution in [1.82, 2.24) is 10.2 Å². The van der Waals surface area contributed by atoms with E-state index >= 15 is 0 Å². The van der Waals surface area contributed by atoms with E-state index in [9.17, 15) is 4.79 Å². The third-order valence-corrected chi connectivity index (χ3v) is 10.1. The molecule has 1 heterocycles. The second kappa shape index (κ2) is 12.5. The van der Waals surface area contributed by atoms with Crippen LogP contribution in [0.4, 0.5) is 0 Å². The third-order valence-electron chi connectivity index (χ3n) is 9.51. The summed E-state index contributed by atoms with van der Waals surface area (Å²) in [6.07, 6.45) is 3.26. The topological polar surface area (TPSA) is 50.8 Å². The van der Waals surface area contributed by atoms with Gasteiger partial charge < -0.3 is 19.7 Å². The first-order chi connectivity index (χ1) is 20.3. The number of hydrogen-bond donors (Lipinski definition) is 1. The van der Waals surface area contributed by atoms with E-state index in [1.807, 2.05) is 31.2 Å². The number of fused-ring (bicyclic) bond motifs is 1. The molecule has 2 aliphatic carbocycles. The lowest BCUT2D eigenvalue weighted by molar-refractivity contribution is -0.138. The zero-order chi connectivity index (χ0) is 29.4. The predicted octanol–water partition coefficient (Wildman–Crippen LogP) is 7.51. The highest BCUT2D eigenvalue weighted by atomic mass is 35.5. The van der Waals surface area contributed by atoms with Crippen LogP contribution in [-0.4, -0.2) is 43.2 Å². The van der Waals surface area contributed by atoms with Gasteiger partial charge in [-0.05, 0) is 123 Å². The molecule has 0 unspecified atom stereocenters. The Morgan fingerprint density at radius 2 is 1.67 bits per heavy atom. The SMILES string of the molecule is Cc1cc(Cl)c(OCCOc2ccc([C@@H]3C[C@@H]4CNC[C@@H]4[C@H]3C(=O)N(Cc3cccc(C)c3C)C3CC3)cc2)c(Cl)c1. The Balaban J connectivity index is 1.13. The van der Waals surface area contributed by atoms with Crippen molar-refractivity contribution in [1.29, 1.82) is 0 Å². The number of ether oxygens (including phenoxy) is 2. The maximum atomic E-state index is 14.4. The van der Waals surface area contributed by atoms with Crippen LogP contribution in [0.2, 0.25) is 10.0 Å². The number of amides is 1. The van der Waals surface area contributed by atoms with Crippen molar-refractivity contribution in [3.8, 4) is 11.5 Å². The van der Waals surface area contributed by atoms with Gasteiger partial charge in [-0.15, -0.1) is 0 Å². The molecule has 3 aromatic carbocycles.